The van der Waals surface area contributed by atoms with Crippen molar-refractivity contribution >= 4 is 0 Å². The first kappa shape index (κ1) is 11.5. The van der Waals surface area contributed by atoms with Gasteiger partial charge in [-0.25, -0.2) is 22.0 Å². The van der Waals surface area contributed by atoms with Gasteiger partial charge in [-0.2, -0.15) is 0 Å². The molecule has 1 nitrogen and oxygen atoms in total. The van der Waals surface area contributed by atoms with Gasteiger partial charge in [0.15, 0.2) is 23.3 Å². The predicted molar refractivity (Wildman–Crippen MR) is 49.5 cm³/mol. The van der Waals surface area contributed by atoms with Crippen molar-refractivity contribution in [2.75, 3.05) is 0 Å². The Kier molecular flexibility index (Phi) is 2.79. The van der Waals surface area contributed by atoms with E-state index >= 15 is 0 Å². The van der Waals surface area contributed by atoms with E-state index in [4.69, 9.17) is 0 Å². The molecule has 0 spiro atoms. The van der Waals surface area contributed by atoms with E-state index in [0.29, 0.717) is 0 Å². The molecule has 6 heteroatoms. The Bertz CT molecular complexity index is 539. The van der Waals surface area contributed by atoms with Crippen molar-refractivity contribution < 1.29 is 22.0 Å². The van der Waals surface area contributed by atoms with Crippen molar-refractivity contribution in [3.8, 4) is 11.1 Å². The van der Waals surface area contributed by atoms with Crippen LogP contribution in [-0.2, 0) is 0 Å². The molecule has 0 N–H and O–H groups in total. The van der Waals surface area contributed by atoms with Gasteiger partial charge in [-0.1, -0.05) is 6.07 Å². The smallest absolute Gasteiger partial charge is 0.200 e. The van der Waals surface area contributed by atoms with Crippen LogP contribution in [0.15, 0.2) is 24.5 Å². The molecule has 1 aromatic heterocycles. The van der Waals surface area contributed by atoms with Gasteiger partial charge < -0.3 is 0 Å². The van der Waals surface area contributed by atoms with Crippen LogP contribution < -0.4 is 0 Å². The van der Waals surface area contributed by atoms with E-state index in [9.17, 15) is 22.0 Å². The lowest BCUT2D eigenvalue weighted by atomic mass is 10.1. The maximum atomic E-state index is 13.3. The summed E-state index contributed by atoms with van der Waals surface area (Å²) in [5.74, 6) is -9.85. The summed E-state index contributed by atoms with van der Waals surface area (Å²) in [5, 5.41) is 0. The molecule has 0 saturated heterocycles. The summed E-state index contributed by atoms with van der Waals surface area (Å²) < 4.78 is 65.3. The number of pyridine rings is 1. The van der Waals surface area contributed by atoms with Gasteiger partial charge in [0, 0.05) is 18.0 Å². The Morgan fingerprint density at radius 2 is 1.29 bits per heavy atom. The molecule has 0 bridgehead atoms. The van der Waals surface area contributed by atoms with Crippen molar-refractivity contribution in [3.63, 3.8) is 0 Å². The third-order valence-electron chi connectivity index (χ3n) is 2.16. The highest BCUT2D eigenvalue weighted by atomic mass is 19.2. The molecule has 0 aliphatic rings. The zero-order chi connectivity index (χ0) is 12.6. The molecule has 2 rings (SSSR count). The van der Waals surface area contributed by atoms with Gasteiger partial charge >= 0.3 is 0 Å². The van der Waals surface area contributed by atoms with Crippen LogP contribution in [0.1, 0.15) is 0 Å². The third kappa shape index (κ3) is 1.75. The summed E-state index contributed by atoms with van der Waals surface area (Å²) in [6.45, 7) is 0. The maximum Gasteiger partial charge on any atom is 0.200 e. The van der Waals surface area contributed by atoms with Gasteiger partial charge in [0.2, 0.25) is 5.82 Å². The minimum absolute atomic E-state index is 0.180. The van der Waals surface area contributed by atoms with Gasteiger partial charge in [-0.3, -0.25) is 4.98 Å². The first-order valence-electron chi connectivity index (χ1n) is 4.46. The molecule has 17 heavy (non-hydrogen) atoms. The monoisotopic (exact) mass is 245 g/mol. The van der Waals surface area contributed by atoms with Gasteiger partial charge in [0.25, 0.3) is 0 Å². The van der Waals surface area contributed by atoms with Gasteiger partial charge in [-0.05, 0) is 6.07 Å². The molecule has 1 aromatic carbocycles. The molecule has 88 valence electrons. The number of aromatic nitrogens is 1. The van der Waals surface area contributed by atoms with Crippen molar-refractivity contribution in [2.24, 2.45) is 0 Å². The predicted octanol–water partition coefficient (Wildman–Crippen LogP) is 3.44. The van der Waals surface area contributed by atoms with Crippen LogP contribution >= 0.6 is 0 Å². The van der Waals surface area contributed by atoms with E-state index in [2.05, 4.69) is 4.98 Å². The van der Waals surface area contributed by atoms with Gasteiger partial charge in [0.1, 0.15) is 0 Å². The average Bonchev–Trinajstić information content (AvgIpc) is 2.36. The van der Waals surface area contributed by atoms with E-state index in [1.807, 2.05) is 0 Å². The molecule has 0 fully saturated rings. The van der Waals surface area contributed by atoms with Crippen molar-refractivity contribution in [1.29, 1.82) is 0 Å². The fraction of sp³-hybridized carbons (Fsp3) is 0. The summed E-state index contributed by atoms with van der Waals surface area (Å²) in [6, 6.07) is 2.53. The second-order valence-electron chi connectivity index (χ2n) is 3.19. The number of rotatable bonds is 1. The molecule has 0 radical (unpaired) electrons. The van der Waals surface area contributed by atoms with Crippen LogP contribution in [0.2, 0.25) is 0 Å². The summed E-state index contributed by atoms with van der Waals surface area (Å²) in [7, 11) is 0. The van der Waals surface area contributed by atoms with Gasteiger partial charge in [0.05, 0.1) is 5.56 Å². The Morgan fingerprint density at radius 3 is 1.76 bits per heavy atom. The van der Waals surface area contributed by atoms with Crippen molar-refractivity contribution in [2.45, 2.75) is 0 Å². The normalized spacial score (nSPS) is 10.6. The second-order valence-corrected chi connectivity index (χ2v) is 3.19. The number of hydrogen-bond donors (Lipinski definition) is 0. The first-order chi connectivity index (χ1) is 8.04. The molecule has 0 aliphatic carbocycles. The van der Waals surface area contributed by atoms with Gasteiger partial charge in [-0.15, -0.1) is 0 Å². The Labute approximate surface area is 92.5 Å². The fourth-order valence-electron chi connectivity index (χ4n) is 1.37. The third-order valence-corrected chi connectivity index (χ3v) is 2.16. The zero-order valence-electron chi connectivity index (χ0n) is 8.15. The Hall–Kier alpha value is -1.98. The minimum atomic E-state index is -2.17. The highest BCUT2D eigenvalue weighted by molar-refractivity contribution is 5.64. The molecular formula is C11H4F5N. The van der Waals surface area contributed by atoms with E-state index in [1.54, 1.807) is 0 Å². The molecule has 0 saturated carbocycles. The molecule has 0 aliphatic heterocycles. The highest BCUT2D eigenvalue weighted by Gasteiger charge is 2.26. The van der Waals surface area contributed by atoms with Crippen LogP contribution in [0.5, 0.6) is 0 Å². The zero-order valence-corrected chi connectivity index (χ0v) is 8.15. The van der Waals surface area contributed by atoms with E-state index in [-0.39, 0.29) is 5.56 Å². The van der Waals surface area contributed by atoms with E-state index in [1.165, 1.54) is 18.3 Å². The first-order valence-corrected chi connectivity index (χ1v) is 4.46. The standard InChI is InChI=1S/C11H4F5N/c12-7-6(5-2-1-3-17-4-5)8(13)10(15)11(16)9(7)14/h1-4H. The van der Waals surface area contributed by atoms with Crippen molar-refractivity contribution in [3.05, 3.63) is 53.6 Å². The fourth-order valence-corrected chi connectivity index (χ4v) is 1.37. The summed E-state index contributed by atoms with van der Waals surface area (Å²) in [6.07, 6.45) is 2.33. The summed E-state index contributed by atoms with van der Waals surface area (Å²) >= 11 is 0. The second kappa shape index (κ2) is 4.12. The molecule has 2 aromatic rings. The SMILES string of the molecule is Fc1c(F)c(F)c(-c2cccnc2)c(F)c1F. The van der Waals surface area contributed by atoms with Crippen LogP contribution in [0, 0.1) is 29.1 Å². The van der Waals surface area contributed by atoms with Crippen LogP contribution in [0.4, 0.5) is 22.0 Å². The number of hydrogen-bond acceptors (Lipinski definition) is 1. The lowest BCUT2D eigenvalue weighted by molar-refractivity contribution is 0.381. The maximum absolute atomic E-state index is 13.3. The van der Waals surface area contributed by atoms with Crippen LogP contribution in [-0.4, -0.2) is 4.98 Å². The van der Waals surface area contributed by atoms with Crippen LogP contribution in [0.25, 0.3) is 11.1 Å². The molecular weight excluding hydrogens is 241 g/mol. The lowest BCUT2D eigenvalue weighted by Crippen LogP contribution is -2.04. The number of nitrogens with zero attached hydrogens (tertiary/aromatic N) is 1. The largest absolute Gasteiger partial charge is 0.264 e. The molecule has 0 atom stereocenters. The van der Waals surface area contributed by atoms with Crippen LogP contribution in [0.3, 0.4) is 0 Å². The number of benzene rings is 1. The van der Waals surface area contributed by atoms with E-state index in [0.717, 1.165) is 6.20 Å². The lowest BCUT2D eigenvalue weighted by Gasteiger charge is -2.07. The molecule has 0 amide bonds. The minimum Gasteiger partial charge on any atom is -0.264 e. The molecule has 0 unspecified atom stereocenters. The average molecular weight is 245 g/mol. The Morgan fingerprint density at radius 1 is 0.765 bits per heavy atom. The summed E-state index contributed by atoms with van der Waals surface area (Å²) in [5.41, 5.74) is -1.16. The quantitative estimate of drug-likeness (QED) is 0.426. The Balaban J connectivity index is 2.80. The highest BCUT2D eigenvalue weighted by Crippen LogP contribution is 2.30. The number of halogens is 5. The van der Waals surface area contributed by atoms with Crippen molar-refractivity contribution in [1.82, 2.24) is 4.98 Å². The molecule has 1 heterocycles. The summed E-state index contributed by atoms with van der Waals surface area (Å²) in [4.78, 5) is 3.55. The van der Waals surface area contributed by atoms with E-state index < -0.39 is 34.6 Å². The topological polar surface area (TPSA) is 12.9 Å².